The molecule has 1 amide bonds. The second-order valence-electron chi connectivity index (χ2n) is 5.40. The third kappa shape index (κ3) is 3.33. The molecule has 0 bridgehead atoms. The van der Waals surface area contributed by atoms with Gasteiger partial charge in [0.25, 0.3) is 0 Å². The molecular weight excluding hydrogens is 360 g/mol. The quantitative estimate of drug-likeness (QED) is 0.860. The van der Waals surface area contributed by atoms with Crippen LogP contribution < -0.4 is 10.1 Å². The molecule has 120 valence electrons. The summed E-state index contributed by atoms with van der Waals surface area (Å²) in [7, 11) is 1.51. The van der Waals surface area contributed by atoms with Crippen LogP contribution in [0.2, 0.25) is 0 Å². The molecule has 3 rings (SSSR count). The van der Waals surface area contributed by atoms with E-state index >= 15 is 0 Å². The lowest BCUT2D eigenvalue weighted by Gasteiger charge is -2.24. The summed E-state index contributed by atoms with van der Waals surface area (Å²) < 4.78 is 6.17. The summed E-state index contributed by atoms with van der Waals surface area (Å²) in [4.78, 5) is 13.9. The van der Waals surface area contributed by atoms with Gasteiger partial charge in [-0.2, -0.15) is 0 Å². The van der Waals surface area contributed by atoms with Gasteiger partial charge >= 0.3 is 0 Å². The minimum Gasteiger partial charge on any atom is -0.504 e. The fraction of sp³-hybridized carbons (Fsp3) is 0.235. The Morgan fingerprint density at radius 3 is 2.74 bits per heavy atom. The Morgan fingerprint density at radius 1 is 1.30 bits per heavy atom. The zero-order chi connectivity index (χ0) is 16.4. The predicted octanol–water partition coefficient (Wildman–Crippen LogP) is 2.79. The summed E-state index contributed by atoms with van der Waals surface area (Å²) in [5.74, 6) is 0.393. The first-order valence-corrected chi connectivity index (χ1v) is 8.01. The normalized spacial score (nSPS) is 18.0. The number of benzene rings is 2. The summed E-state index contributed by atoms with van der Waals surface area (Å²) in [6.07, 6.45) is -0.374. The minimum atomic E-state index is -0.374. The van der Waals surface area contributed by atoms with Gasteiger partial charge in [0.2, 0.25) is 5.91 Å². The van der Waals surface area contributed by atoms with Gasteiger partial charge in [0.15, 0.2) is 11.5 Å². The number of phenolic OH excluding ortho intramolecular Hbond substituents is 1. The van der Waals surface area contributed by atoms with Gasteiger partial charge < -0.3 is 15.2 Å². The Balaban J connectivity index is 1.88. The third-order valence-corrected chi connectivity index (χ3v) is 4.38. The maximum atomic E-state index is 11.9. The van der Waals surface area contributed by atoms with E-state index in [-0.39, 0.29) is 24.4 Å². The van der Waals surface area contributed by atoms with E-state index < -0.39 is 0 Å². The Kier molecular flexibility index (Phi) is 4.54. The molecule has 1 saturated heterocycles. The third-order valence-electron chi connectivity index (χ3n) is 3.85. The van der Waals surface area contributed by atoms with Gasteiger partial charge in [0.1, 0.15) is 6.17 Å². The molecule has 1 unspecified atom stereocenters. The van der Waals surface area contributed by atoms with Crippen LogP contribution >= 0.6 is 15.9 Å². The average molecular weight is 377 g/mol. The number of nitrogens with zero attached hydrogens (tertiary/aromatic N) is 1. The highest BCUT2D eigenvalue weighted by atomic mass is 79.9. The van der Waals surface area contributed by atoms with E-state index in [0.29, 0.717) is 17.9 Å². The highest BCUT2D eigenvalue weighted by Crippen LogP contribution is 2.36. The molecule has 1 fully saturated rings. The first-order valence-electron chi connectivity index (χ1n) is 7.22. The molecule has 1 aliphatic heterocycles. The van der Waals surface area contributed by atoms with Crippen molar-refractivity contribution in [3.8, 4) is 11.5 Å². The number of rotatable bonds is 4. The number of para-hydroxylation sites is 1. The number of hydrogen-bond donors (Lipinski definition) is 2. The number of aromatic hydroxyl groups is 1. The van der Waals surface area contributed by atoms with Crippen LogP contribution in [-0.4, -0.2) is 29.6 Å². The number of hydrogen-bond acceptors (Lipinski definition) is 4. The van der Waals surface area contributed by atoms with Gasteiger partial charge in [-0.05, 0) is 23.8 Å². The standard InChI is InChI=1S/C17H17BrN2O3/c1-23-14-4-2-3-13(16(14)22)17-19-15(21)10-20(17)9-11-5-7-12(18)8-6-11/h2-8,17,22H,9-10H2,1H3,(H,19,21). The summed E-state index contributed by atoms with van der Waals surface area (Å²) in [6, 6.07) is 13.2. The fourth-order valence-electron chi connectivity index (χ4n) is 2.74. The van der Waals surface area contributed by atoms with Crippen molar-refractivity contribution in [2.75, 3.05) is 13.7 Å². The van der Waals surface area contributed by atoms with Gasteiger partial charge in [-0.1, -0.05) is 40.2 Å². The zero-order valence-electron chi connectivity index (χ0n) is 12.6. The molecule has 2 aromatic rings. The van der Waals surface area contributed by atoms with Gasteiger partial charge in [0, 0.05) is 16.6 Å². The molecule has 0 aromatic heterocycles. The molecule has 23 heavy (non-hydrogen) atoms. The number of amides is 1. The summed E-state index contributed by atoms with van der Waals surface area (Å²) >= 11 is 3.41. The maximum Gasteiger partial charge on any atom is 0.235 e. The van der Waals surface area contributed by atoms with Crippen LogP contribution in [0.25, 0.3) is 0 Å². The number of phenols is 1. The summed E-state index contributed by atoms with van der Waals surface area (Å²) in [5, 5.41) is 13.3. The van der Waals surface area contributed by atoms with Crippen LogP contribution in [-0.2, 0) is 11.3 Å². The Labute approximate surface area is 143 Å². The second kappa shape index (κ2) is 6.60. The molecule has 1 aliphatic rings. The van der Waals surface area contributed by atoms with Gasteiger partial charge in [0.05, 0.1) is 13.7 Å². The Morgan fingerprint density at radius 2 is 2.04 bits per heavy atom. The van der Waals surface area contributed by atoms with Crippen LogP contribution in [0.1, 0.15) is 17.3 Å². The van der Waals surface area contributed by atoms with Crippen LogP contribution in [0.3, 0.4) is 0 Å². The zero-order valence-corrected chi connectivity index (χ0v) is 14.2. The smallest absolute Gasteiger partial charge is 0.235 e. The first-order chi connectivity index (χ1) is 11.1. The van der Waals surface area contributed by atoms with Crippen molar-refractivity contribution < 1.29 is 14.6 Å². The van der Waals surface area contributed by atoms with Crippen LogP contribution in [0.5, 0.6) is 11.5 Å². The minimum absolute atomic E-state index is 0.0583. The van der Waals surface area contributed by atoms with Crippen molar-refractivity contribution >= 4 is 21.8 Å². The van der Waals surface area contributed by atoms with Crippen molar-refractivity contribution in [1.82, 2.24) is 10.2 Å². The number of carbonyl (C=O) groups excluding carboxylic acids is 1. The Bertz CT molecular complexity index is 718. The van der Waals surface area contributed by atoms with E-state index in [1.54, 1.807) is 18.2 Å². The molecule has 1 atom stereocenters. The molecule has 5 nitrogen and oxygen atoms in total. The highest BCUT2D eigenvalue weighted by molar-refractivity contribution is 9.10. The molecular formula is C17H17BrN2O3. The number of methoxy groups -OCH3 is 1. The molecule has 1 heterocycles. The molecule has 6 heteroatoms. The lowest BCUT2D eigenvalue weighted by molar-refractivity contribution is -0.118. The van der Waals surface area contributed by atoms with Gasteiger partial charge in [-0.3, -0.25) is 9.69 Å². The molecule has 2 N–H and O–H groups in total. The van der Waals surface area contributed by atoms with E-state index in [0.717, 1.165) is 10.0 Å². The Hall–Kier alpha value is -2.05. The number of nitrogens with one attached hydrogen (secondary N) is 1. The molecule has 0 aliphatic carbocycles. The molecule has 0 saturated carbocycles. The van der Waals surface area contributed by atoms with E-state index in [9.17, 15) is 9.90 Å². The lowest BCUT2D eigenvalue weighted by Crippen LogP contribution is -2.27. The van der Waals surface area contributed by atoms with Crippen LogP contribution in [0.15, 0.2) is 46.9 Å². The number of ether oxygens (including phenoxy) is 1. The van der Waals surface area contributed by atoms with E-state index in [1.807, 2.05) is 29.2 Å². The van der Waals surface area contributed by atoms with Crippen LogP contribution in [0, 0.1) is 0 Å². The average Bonchev–Trinajstić information content (AvgIpc) is 2.90. The van der Waals surface area contributed by atoms with Crippen molar-refractivity contribution in [3.63, 3.8) is 0 Å². The van der Waals surface area contributed by atoms with Crippen molar-refractivity contribution in [2.45, 2.75) is 12.7 Å². The lowest BCUT2D eigenvalue weighted by atomic mass is 10.1. The largest absolute Gasteiger partial charge is 0.504 e. The molecule has 2 aromatic carbocycles. The first kappa shape index (κ1) is 15.8. The predicted molar refractivity (Wildman–Crippen MR) is 90.1 cm³/mol. The fourth-order valence-corrected chi connectivity index (χ4v) is 3.00. The van der Waals surface area contributed by atoms with Crippen molar-refractivity contribution in [1.29, 1.82) is 0 Å². The van der Waals surface area contributed by atoms with Gasteiger partial charge in [-0.25, -0.2) is 0 Å². The topological polar surface area (TPSA) is 61.8 Å². The molecule has 0 radical (unpaired) electrons. The van der Waals surface area contributed by atoms with E-state index in [1.165, 1.54) is 7.11 Å². The second-order valence-corrected chi connectivity index (χ2v) is 6.32. The van der Waals surface area contributed by atoms with Gasteiger partial charge in [-0.15, -0.1) is 0 Å². The molecule has 0 spiro atoms. The monoisotopic (exact) mass is 376 g/mol. The highest BCUT2D eigenvalue weighted by Gasteiger charge is 2.33. The summed E-state index contributed by atoms with van der Waals surface area (Å²) in [5.41, 5.74) is 1.73. The van der Waals surface area contributed by atoms with E-state index in [2.05, 4.69) is 21.2 Å². The maximum absolute atomic E-state index is 11.9. The van der Waals surface area contributed by atoms with Crippen molar-refractivity contribution in [3.05, 3.63) is 58.1 Å². The number of carbonyl (C=O) groups is 1. The van der Waals surface area contributed by atoms with Crippen molar-refractivity contribution in [2.24, 2.45) is 0 Å². The number of halogens is 1. The summed E-state index contributed by atoms with van der Waals surface area (Å²) in [6.45, 7) is 0.894. The van der Waals surface area contributed by atoms with Crippen LogP contribution in [0.4, 0.5) is 0 Å². The van der Waals surface area contributed by atoms with E-state index in [4.69, 9.17) is 4.74 Å². The SMILES string of the molecule is COc1cccc(C2NC(=O)CN2Cc2ccc(Br)cc2)c1O.